The van der Waals surface area contributed by atoms with Gasteiger partial charge in [-0.3, -0.25) is 4.79 Å². The van der Waals surface area contributed by atoms with Crippen LogP contribution >= 0.6 is 0 Å². The number of amides is 1. The van der Waals surface area contributed by atoms with Crippen LogP contribution in [0.4, 0.5) is 13.2 Å². The molecular formula is C16H19F3N2O. The highest BCUT2D eigenvalue weighted by atomic mass is 19.4. The van der Waals surface area contributed by atoms with Gasteiger partial charge in [0.2, 0.25) is 5.91 Å². The Morgan fingerprint density at radius 1 is 1.18 bits per heavy atom. The summed E-state index contributed by atoms with van der Waals surface area (Å²) in [7, 11) is 0. The quantitative estimate of drug-likeness (QED) is 0.929. The summed E-state index contributed by atoms with van der Waals surface area (Å²) in [4.78, 5) is 13.2. The molecule has 0 bridgehead atoms. The van der Waals surface area contributed by atoms with E-state index in [0.717, 1.165) is 17.7 Å². The minimum atomic E-state index is -4.33. The van der Waals surface area contributed by atoms with E-state index in [1.54, 1.807) is 0 Å². The van der Waals surface area contributed by atoms with E-state index in [4.69, 9.17) is 0 Å². The first kappa shape index (κ1) is 15.3. The Morgan fingerprint density at radius 2 is 1.82 bits per heavy atom. The van der Waals surface area contributed by atoms with Gasteiger partial charge in [0, 0.05) is 12.6 Å². The van der Waals surface area contributed by atoms with Crippen molar-refractivity contribution < 1.29 is 18.0 Å². The summed E-state index contributed by atoms with van der Waals surface area (Å²) in [6.07, 6.45) is -1.45. The Labute approximate surface area is 127 Å². The first-order valence-corrected chi connectivity index (χ1v) is 7.61. The van der Waals surface area contributed by atoms with Gasteiger partial charge in [-0.1, -0.05) is 24.3 Å². The van der Waals surface area contributed by atoms with Crippen LogP contribution in [0.5, 0.6) is 0 Å². The van der Waals surface area contributed by atoms with Crippen molar-refractivity contribution in [3.8, 4) is 0 Å². The van der Waals surface area contributed by atoms with E-state index < -0.39 is 24.7 Å². The Bertz CT molecular complexity index is 534. The van der Waals surface area contributed by atoms with E-state index in [1.165, 1.54) is 11.1 Å². The molecule has 3 nitrogen and oxygen atoms in total. The van der Waals surface area contributed by atoms with Gasteiger partial charge in [0.05, 0.1) is 6.04 Å². The first-order chi connectivity index (χ1) is 10.4. The predicted molar refractivity (Wildman–Crippen MR) is 76.4 cm³/mol. The molecule has 1 saturated heterocycles. The third-order valence-corrected chi connectivity index (χ3v) is 4.39. The van der Waals surface area contributed by atoms with Crippen LogP contribution < -0.4 is 5.32 Å². The van der Waals surface area contributed by atoms with Gasteiger partial charge in [0.25, 0.3) is 0 Å². The van der Waals surface area contributed by atoms with Gasteiger partial charge >= 0.3 is 6.18 Å². The summed E-state index contributed by atoms with van der Waals surface area (Å²) in [5.74, 6) is -0.417. The number of rotatable bonds is 3. The average molecular weight is 312 g/mol. The zero-order valence-corrected chi connectivity index (χ0v) is 12.2. The number of carbonyl (C=O) groups is 1. The molecular weight excluding hydrogens is 293 g/mol. The lowest BCUT2D eigenvalue weighted by Crippen LogP contribution is -2.55. The zero-order valence-electron chi connectivity index (χ0n) is 12.2. The molecule has 1 N–H and O–H groups in total. The van der Waals surface area contributed by atoms with Crippen molar-refractivity contribution in [3.63, 3.8) is 0 Å². The lowest BCUT2D eigenvalue weighted by atomic mass is 10.0. The SMILES string of the molecule is O=C1[C@H](NC2Cc3ccccc3C2)CCCN1CC(F)(F)F. The molecule has 1 amide bonds. The van der Waals surface area contributed by atoms with Crippen molar-refractivity contribution in [2.24, 2.45) is 0 Å². The van der Waals surface area contributed by atoms with E-state index in [-0.39, 0.29) is 12.6 Å². The molecule has 0 aromatic heterocycles. The highest BCUT2D eigenvalue weighted by Crippen LogP contribution is 2.24. The standard InChI is InChI=1S/C16H19F3N2O/c17-16(18,19)10-21-7-3-6-14(15(21)22)20-13-8-11-4-1-2-5-12(11)9-13/h1-2,4-5,13-14,20H,3,6-10H2/t14-/m1/s1. The lowest BCUT2D eigenvalue weighted by molar-refractivity contribution is -0.165. The van der Waals surface area contributed by atoms with Gasteiger partial charge in [-0.2, -0.15) is 13.2 Å². The maximum absolute atomic E-state index is 12.5. The molecule has 120 valence electrons. The van der Waals surface area contributed by atoms with Crippen LogP contribution in [0.1, 0.15) is 24.0 Å². The van der Waals surface area contributed by atoms with E-state index in [2.05, 4.69) is 17.4 Å². The third kappa shape index (κ3) is 3.43. The van der Waals surface area contributed by atoms with Gasteiger partial charge in [0.15, 0.2) is 0 Å². The summed E-state index contributed by atoms with van der Waals surface area (Å²) >= 11 is 0. The number of halogens is 3. The van der Waals surface area contributed by atoms with Gasteiger partial charge < -0.3 is 10.2 Å². The fourth-order valence-electron chi connectivity index (χ4n) is 3.43. The van der Waals surface area contributed by atoms with Gasteiger partial charge in [-0.05, 0) is 36.8 Å². The Hall–Kier alpha value is -1.56. The number of alkyl halides is 3. The molecule has 2 aliphatic rings. The highest BCUT2D eigenvalue weighted by molar-refractivity contribution is 5.82. The summed E-state index contributed by atoms with van der Waals surface area (Å²) < 4.78 is 37.5. The number of nitrogens with one attached hydrogen (secondary N) is 1. The average Bonchev–Trinajstić information content (AvgIpc) is 2.84. The second-order valence-corrected chi connectivity index (χ2v) is 6.11. The smallest absolute Gasteiger partial charge is 0.332 e. The predicted octanol–water partition coefficient (Wildman–Crippen LogP) is 2.30. The Kier molecular flexibility index (Phi) is 4.12. The fourth-order valence-corrected chi connectivity index (χ4v) is 3.43. The molecule has 0 radical (unpaired) electrons. The number of carbonyl (C=O) groups excluding carboxylic acids is 1. The molecule has 0 unspecified atom stereocenters. The van der Waals surface area contributed by atoms with E-state index >= 15 is 0 Å². The van der Waals surface area contributed by atoms with Crippen LogP contribution in [-0.4, -0.2) is 42.2 Å². The van der Waals surface area contributed by atoms with Crippen LogP contribution in [0.2, 0.25) is 0 Å². The summed E-state index contributed by atoms with van der Waals surface area (Å²) in [5.41, 5.74) is 2.52. The number of nitrogens with zero attached hydrogens (tertiary/aromatic N) is 1. The summed E-state index contributed by atoms with van der Waals surface area (Å²) in [6.45, 7) is -0.948. The van der Waals surface area contributed by atoms with Gasteiger partial charge in [-0.25, -0.2) is 0 Å². The van der Waals surface area contributed by atoms with Crippen LogP contribution in [0.25, 0.3) is 0 Å². The zero-order chi connectivity index (χ0) is 15.7. The summed E-state index contributed by atoms with van der Waals surface area (Å²) in [5, 5.41) is 3.27. The number of hydrogen-bond acceptors (Lipinski definition) is 2. The second kappa shape index (κ2) is 5.91. The number of benzene rings is 1. The lowest BCUT2D eigenvalue weighted by Gasteiger charge is -2.34. The molecule has 1 heterocycles. The molecule has 1 fully saturated rings. The monoisotopic (exact) mass is 312 g/mol. The second-order valence-electron chi connectivity index (χ2n) is 6.11. The highest BCUT2D eigenvalue weighted by Gasteiger charge is 2.38. The maximum atomic E-state index is 12.5. The molecule has 1 aliphatic carbocycles. The molecule has 1 aromatic rings. The van der Waals surface area contributed by atoms with Crippen LogP contribution in [0.3, 0.4) is 0 Å². The van der Waals surface area contributed by atoms with E-state index in [1.807, 2.05) is 12.1 Å². The number of piperidine rings is 1. The maximum Gasteiger partial charge on any atom is 0.406 e. The van der Waals surface area contributed by atoms with E-state index in [0.29, 0.717) is 12.8 Å². The number of hydrogen-bond donors (Lipinski definition) is 1. The van der Waals surface area contributed by atoms with Crippen molar-refractivity contribution in [3.05, 3.63) is 35.4 Å². The minimum Gasteiger partial charge on any atom is -0.332 e. The van der Waals surface area contributed by atoms with Gasteiger partial charge in [-0.15, -0.1) is 0 Å². The molecule has 0 spiro atoms. The first-order valence-electron chi connectivity index (χ1n) is 7.61. The van der Waals surface area contributed by atoms with Crippen molar-refractivity contribution in [1.29, 1.82) is 0 Å². The fraction of sp³-hybridized carbons (Fsp3) is 0.562. The Morgan fingerprint density at radius 3 is 2.41 bits per heavy atom. The van der Waals surface area contributed by atoms with Crippen molar-refractivity contribution >= 4 is 5.91 Å². The van der Waals surface area contributed by atoms with Crippen LogP contribution in [0, 0.1) is 0 Å². The minimum absolute atomic E-state index is 0.136. The number of fused-ring (bicyclic) bond motifs is 1. The molecule has 1 atom stereocenters. The Balaban J connectivity index is 1.60. The molecule has 0 saturated carbocycles. The number of likely N-dealkylation sites (tertiary alicyclic amines) is 1. The molecule has 1 aromatic carbocycles. The molecule has 3 rings (SSSR count). The van der Waals surface area contributed by atoms with Crippen molar-refractivity contribution in [2.75, 3.05) is 13.1 Å². The van der Waals surface area contributed by atoms with Gasteiger partial charge in [0.1, 0.15) is 6.54 Å². The topological polar surface area (TPSA) is 32.3 Å². The largest absolute Gasteiger partial charge is 0.406 e. The van der Waals surface area contributed by atoms with E-state index in [9.17, 15) is 18.0 Å². The molecule has 22 heavy (non-hydrogen) atoms. The molecule has 6 heteroatoms. The molecule has 1 aliphatic heterocycles. The third-order valence-electron chi connectivity index (χ3n) is 4.39. The summed E-state index contributed by atoms with van der Waals surface area (Å²) in [6, 6.07) is 7.74. The normalized spacial score (nSPS) is 23.0. The van der Waals surface area contributed by atoms with Crippen LogP contribution in [-0.2, 0) is 17.6 Å². The van der Waals surface area contributed by atoms with Crippen LogP contribution in [0.15, 0.2) is 24.3 Å². The van der Waals surface area contributed by atoms with Crippen molar-refractivity contribution in [2.45, 2.75) is 43.9 Å². The van der Waals surface area contributed by atoms with Crippen molar-refractivity contribution in [1.82, 2.24) is 10.2 Å².